The lowest BCUT2D eigenvalue weighted by atomic mass is 9.99. The van der Waals surface area contributed by atoms with Gasteiger partial charge in [-0.1, -0.05) is 30.3 Å². The van der Waals surface area contributed by atoms with E-state index in [2.05, 4.69) is 5.32 Å². The van der Waals surface area contributed by atoms with Crippen LogP contribution in [0.2, 0.25) is 0 Å². The molecule has 0 spiro atoms. The number of hydrogen-bond acceptors (Lipinski definition) is 4. The van der Waals surface area contributed by atoms with Crippen LogP contribution in [0.15, 0.2) is 30.3 Å². The van der Waals surface area contributed by atoms with Crippen LogP contribution in [0, 0.1) is 0 Å². The van der Waals surface area contributed by atoms with E-state index in [1.165, 1.54) is 7.11 Å². The Labute approximate surface area is 119 Å². The molecule has 1 saturated heterocycles. The molecule has 0 bridgehead atoms. The number of hydrogen-bond donors (Lipinski definition) is 1. The second-order valence-corrected chi connectivity index (χ2v) is 4.58. The first kappa shape index (κ1) is 16.0. The first-order valence-corrected chi connectivity index (χ1v) is 6.22. The minimum atomic E-state index is -0.649. The number of rotatable bonds is 5. The number of esters is 1. The van der Waals surface area contributed by atoms with Gasteiger partial charge >= 0.3 is 5.97 Å². The lowest BCUT2D eigenvalue weighted by Gasteiger charge is -2.26. The summed E-state index contributed by atoms with van der Waals surface area (Å²) < 4.78 is 10.5. The van der Waals surface area contributed by atoms with Gasteiger partial charge in [-0.05, 0) is 24.9 Å². The Kier molecular flexibility index (Phi) is 6.28. The summed E-state index contributed by atoms with van der Waals surface area (Å²) in [6, 6.07) is 9.93. The van der Waals surface area contributed by atoms with Crippen LogP contribution in [0.5, 0.6) is 0 Å². The van der Waals surface area contributed by atoms with Gasteiger partial charge in [0, 0.05) is 0 Å². The molecule has 106 valence electrons. The molecule has 0 saturated carbocycles. The molecule has 1 fully saturated rings. The van der Waals surface area contributed by atoms with Crippen LogP contribution >= 0.6 is 12.4 Å². The van der Waals surface area contributed by atoms with E-state index in [4.69, 9.17) is 9.47 Å². The molecule has 5 heteroatoms. The molecule has 4 nitrogen and oxygen atoms in total. The molecule has 1 aliphatic rings. The van der Waals surface area contributed by atoms with Crippen LogP contribution in [0.25, 0.3) is 0 Å². The zero-order valence-corrected chi connectivity index (χ0v) is 11.9. The molecule has 1 heterocycles. The normalized spacial score (nSPS) is 21.7. The lowest BCUT2D eigenvalue weighted by molar-refractivity contribution is -0.151. The van der Waals surface area contributed by atoms with Crippen molar-refractivity contribution in [2.45, 2.75) is 25.0 Å². The molecule has 1 N–H and O–H groups in total. The number of methoxy groups -OCH3 is 1. The van der Waals surface area contributed by atoms with E-state index in [9.17, 15) is 4.79 Å². The summed E-state index contributed by atoms with van der Waals surface area (Å²) in [6.45, 7) is 1.71. The molecule has 0 aromatic heterocycles. The minimum Gasteiger partial charge on any atom is -0.468 e. The van der Waals surface area contributed by atoms with Crippen LogP contribution in [0.1, 0.15) is 18.4 Å². The van der Waals surface area contributed by atoms with Gasteiger partial charge in [0.25, 0.3) is 0 Å². The van der Waals surface area contributed by atoms with Gasteiger partial charge in [0.05, 0.1) is 20.3 Å². The molecule has 0 aliphatic carbocycles. The maximum atomic E-state index is 11.8. The van der Waals surface area contributed by atoms with Crippen molar-refractivity contribution in [1.82, 2.24) is 5.32 Å². The Balaban J connectivity index is 0.00000180. The molecular formula is C14H20ClNO3. The minimum absolute atomic E-state index is 0. The summed E-state index contributed by atoms with van der Waals surface area (Å²) in [5.41, 5.74) is 0.458. The number of carbonyl (C=O) groups excluding carboxylic acids is 1. The second-order valence-electron chi connectivity index (χ2n) is 4.58. The summed E-state index contributed by atoms with van der Waals surface area (Å²) >= 11 is 0. The average Bonchev–Trinajstić information content (AvgIpc) is 2.89. The van der Waals surface area contributed by atoms with Crippen molar-refractivity contribution in [3.63, 3.8) is 0 Å². The molecule has 0 amide bonds. The van der Waals surface area contributed by atoms with Crippen LogP contribution in [0.4, 0.5) is 0 Å². The van der Waals surface area contributed by atoms with Gasteiger partial charge in [0.1, 0.15) is 5.54 Å². The first-order valence-electron chi connectivity index (χ1n) is 6.22. The average molecular weight is 286 g/mol. The maximum absolute atomic E-state index is 11.8. The molecule has 2 rings (SSSR count). The fraction of sp³-hybridized carbons (Fsp3) is 0.500. The van der Waals surface area contributed by atoms with Crippen molar-refractivity contribution in [2.75, 3.05) is 20.3 Å². The third-order valence-electron chi connectivity index (χ3n) is 3.28. The zero-order valence-electron chi connectivity index (χ0n) is 11.1. The quantitative estimate of drug-likeness (QED) is 0.840. The van der Waals surface area contributed by atoms with E-state index >= 15 is 0 Å². The predicted octanol–water partition coefficient (Wildman–Crippen LogP) is 1.92. The Bertz CT molecular complexity index is 391. The molecule has 19 heavy (non-hydrogen) atoms. The summed E-state index contributed by atoms with van der Waals surface area (Å²) in [7, 11) is 1.42. The first-order chi connectivity index (χ1) is 8.77. The van der Waals surface area contributed by atoms with E-state index in [0.29, 0.717) is 13.2 Å². The van der Waals surface area contributed by atoms with Crippen molar-refractivity contribution in [1.29, 1.82) is 0 Å². The molecular weight excluding hydrogens is 266 g/mol. The molecule has 1 aromatic rings. The fourth-order valence-corrected chi connectivity index (χ4v) is 2.28. The van der Waals surface area contributed by atoms with Crippen LogP contribution in [-0.4, -0.2) is 31.8 Å². The highest BCUT2D eigenvalue weighted by Gasteiger charge is 2.42. The molecule has 0 unspecified atom stereocenters. The van der Waals surface area contributed by atoms with Gasteiger partial charge in [-0.15, -0.1) is 12.4 Å². The van der Waals surface area contributed by atoms with Gasteiger partial charge in [0.15, 0.2) is 0 Å². The van der Waals surface area contributed by atoms with E-state index < -0.39 is 5.54 Å². The number of ether oxygens (including phenoxy) is 2. The van der Waals surface area contributed by atoms with Crippen LogP contribution in [0.3, 0.4) is 0 Å². The highest BCUT2D eigenvalue weighted by atomic mass is 35.5. The smallest absolute Gasteiger partial charge is 0.328 e. The maximum Gasteiger partial charge on any atom is 0.328 e. The molecule has 0 radical (unpaired) electrons. The lowest BCUT2D eigenvalue weighted by Crippen LogP contribution is -2.52. The monoisotopic (exact) mass is 285 g/mol. The van der Waals surface area contributed by atoms with Gasteiger partial charge in [0.2, 0.25) is 0 Å². The standard InChI is InChI=1S/C14H19NO3.ClH/c1-17-13(16)14(8-5-9-15-14)11-18-10-12-6-3-2-4-7-12;/h2-4,6-7,15H,5,8-11H2,1H3;1H/t14-;/m1./s1. The fourth-order valence-electron chi connectivity index (χ4n) is 2.28. The van der Waals surface area contributed by atoms with E-state index in [0.717, 1.165) is 24.9 Å². The Morgan fingerprint density at radius 3 is 2.68 bits per heavy atom. The summed E-state index contributed by atoms with van der Waals surface area (Å²) in [5, 5.41) is 3.21. The third kappa shape index (κ3) is 3.93. The van der Waals surface area contributed by atoms with Gasteiger partial charge < -0.3 is 9.47 Å². The topological polar surface area (TPSA) is 47.6 Å². The van der Waals surface area contributed by atoms with Gasteiger partial charge in [-0.3, -0.25) is 5.32 Å². The molecule has 1 atom stereocenters. The Morgan fingerprint density at radius 1 is 1.37 bits per heavy atom. The predicted molar refractivity (Wildman–Crippen MR) is 75.3 cm³/mol. The van der Waals surface area contributed by atoms with Crippen molar-refractivity contribution in [3.8, 4) is 0 Å². The largest absolute Gasteiger partial charge is 0.468 e. The van der Waals surface area contributed by atoms with Crippen LogP contribution < -0.4 is 5.32 Å². The van der Waals surface area contributed by atoms with Crippen molar-refractivity contribution in [2.24, 2.45) is 0 Å². The van der Waals surface area contributed by atoms with E-state index in [1.807, 2.05) is 30.3 Å². The number of nitrogens with one attached hydrogen (secondary N) is 1. The van der Waals surface area contributed by atoms with Crippen molar-refractivity contribution < 1.29 is 14.3 Å². The van der Waals surface area contributed by atoms with Gasteiger partial charge in [-0.2, -0.15) is 0 Å². The number of carbonyl (C=O) groups is 1. The second kappa shape index (κ2) is 7.48. The highest BCUT2D eigenvalue weighted by molar-refractivity contribution is 5.85. The highest BCUT2D eigenvalue weighted by Crippen LogP contribution is 2.21. The summed E-state index contributed by atoms with van der Waals surface area (Å²) in [6.07, 6.45) is 1.75. The molecule has 1 aromatic carbocycles. The Morgan fingerprint density at radius 2 is 2.11 bits per heavy atom. The van der Waals surface area contributed by atoms with Crippen molar-refractivity contribution >= 4 is 18.4 Å². The van der Waals surface area contributed by atoms with Gasteiger partial charge in [-0.25, -0.2) is 4.79 Å². The van der Waals surface area contributed by atoms with E-state index in [1.54, 1.807) is 0 Å². The summed E-state index contributed by atoms with van der Waals surface area (Å²) in [5.74, 6) is -0.229. The SMILES string of the molecule is COC(=O)[C@]1(COCc2ccccc2)CCCN1.Cl. The third-order valence-corrected chi connectivity index (χ3v) is 3.28. The number of halogens is 1. The van der Waals surface area contributed by atoms with Crippen molar-refractivity contribution in [3.05, 3.63) is 35.9 Å². The van der Waals surface area contributed by atoms with Crippen LogP contribution in [-0.2, 0) is 20.9 Å². The zero-order chi connectivity index (χ0) is 12.8. The Hall–Kier alpha value is -1.10. The van der Waals surface area contributed by atoms with E-state index in [-0.39, 0.29) is 18.4 Å². The molecule has 1 aliphatic heterocycles. The summed E-state index contributed by atoms with van der Waals surface area (Å²) in [4.78, 5) is 11.8. The number of benzene rings is 1.